The van der Waals surface area contributed by atoms with E-state index in [4.69, 9.17) is 11.6 Å². The van der Waals surface area contributed by atoms with Gasteiger partial charge in [-0.15, -0.1) is 0 Å². The van der Waals surface area contributed by atoms with Gasteiger partial charge in [-0.25, -0.2) is 8.42 Å². The van der Waals surface area contributed by atoms with Crippen LogP contribution < -0.4 is 10.2 Å². The summed E-state index contributed by atoms with van der Waals surface area (Å²) in [5, 5.41) is 3.04. The summed E-state index contributed by atoms with van der Waals surface area (Å²) in [6.45, 7) is 0. The van der Waals surface area contributed by atoms with Gasteiger partial charge in [-0.05, 0) is 42.5 Å². The maximum Gasteiger partial charge on any atom is 0.225 e. The molecule has 0 aliphatic heterocycles. The lowest BCUT2D eigenvalue weighted by atomic mass is 10.2. The lowest BCUT2D eigenvalue weighted by molar-refractivity contribution is -0.115. The number of hydrogen-bond acceptors (Lipinski definition) is 4. The minimum Gasteiger partial charge on any atom is -0.378 e. The normalized spacial score (nSPS) is 11.1. The van der Waals surface area contributed by atoms with Crippen LogP contribution in [0.25, 0.3) is 0 Å². The molecule has 0 heterocycles. The van der Waals surface area contributed by atoms with Gasteiger partial charge in [0.2, 0.25) is 5.91 Å². The predicted octanol–water partition coefficient (Wildman–Crippen LogP) is 3.21. The predicted molar refractivity (Wildman–Crippen MR) is 97.5 cm³/mol. The molecule has 2 aromatic rings. The first-order valence-corrected chi connectivity index (χ1v) is 9.36. The van der Waals surface area contributed by atoms with Gasteiger partial charge in [0.1, 0.15) is 0 Å². The number of sulfone groups is 1. The molecular formula is C17H19ClN2O3S. The van der Waals surface area contributed by atoms with Crippen LogP contribution in [0.15, 0.2) is 53.4 Å². The Morgan fingerprint density at radius 2 is 1.79 bits per heavy atom. The van der Waals surface area contributed by atoms with Crippen molar-refractivity contribution in [3.05, 3.63) is 53.6 Å². The van der Waals surface area contributed by atoms with E-state index in [0.717, 1.165) is 5.69 Å². The maximum atomic E-state index is 12.2. The summed E-state index contributed by atoms with van der Waals surface area (Å²) in [5.74, 6) is -0.618. The molecule has 2 rings (SSSR count). The first-order chi connectivity index (χ1) is 11.3. The van der Waals surface area contributed by atoms with Gasteiger partial charge in [0.25, 0.3) is 0 Å². The third-order valence-electron chi connectivity index (χ3n) is 3.42. The smallest absolute Gasteiger partial charge is 0.225 e. The van der Waals surface area contributed by atoms with Crippen LogP contribution in [0.1, 0.15) is 6.42 Å². The van der Waals surface area contributed by atoms with Gasteiger partial charge in [0.05, 0.1) is 10.6 Å². The highest BCUT2D eigenvalue weighted by Crippen LogP contribution is 2.18. The number of amides is 1. The Kier molecular flexibility index (Phi) is 5.85. The molecule has 1 amide bonds. The molecule has 0 spiro atoms. The molecule has 0 aromatic heterocycles. The van der Waals surface area contributed by atoms with E-state index in [2.05, 4.69) is 5.32 Å². The Hall–Kier alpha value is -2.05. The van der Waals surface area contributed by atoms with E-state index in [-0.39, 0.29) is 23.0 Å². The van der Waals surface area contributed by atoms with Crippen molar-refractivity contribution >= 4 is 38.7 Å². The number of nitrogens with zero attached hydrogens (tertiary/aromatic N) is 1. The van der Waals surface area contributed by atoms with Gasteiger partial charge in [-0.2, -0.15) is 0 Å². The first-order valence-electron chi connectivity index (χ1n) is 7.33. The highest BCUT2D eigenvalue weighted by molar-refractivity contribution is 7.91. The summed E-state index contributed by atoms with van der Waals surface area (Å²) < 4.78 is 24.4. The molecule has 0 atom stereocenters. The van der Waals surface area contributed by atoms with E-state index in [0.29, 0.717) is 10.7 Å². The molecule has 5 nitrogen and oxygen atoms in total. The summed E-state index contributed by atoms with van der Waals surface area (Å²) in [5.41, 5.74) is 1.64. The van der Waals surface area contributed by atoms with Crippen molar-refractivity contribution in [1.29, 1.82) is 0 Å². The fraction of sp³-hybridized carbons (Fsp3) is 0.235. The van der Waals surface area contributed by atoms with E-state index in [1.54, 1.807) is 24.3 Å². The van der Waals surface area contributed by atoms with Crippen LogP contribution in [0.2, 0.25) is 5.02 Å². The number of benzene rings is 2. The molecule has 0 fully saturated rings. The summed E-state index contributed by atoms with van der Waals surface area (Å²) in [7, 11) is 0.310. The van der Waals surface area contributed by atoms with Crippen molar-refractivity contribution in [2.24, 2.45) is 0 Å². The summed E-state index contributed by atoms with van der Waals surface area (Å²) >= 11 is 5.81. The van der Waals surface area contributed by atoms with Crippen molar-refractivity contribution in [2.45, 2.75) is 11.3 Å². The molecule has 0 saturated carbocycles. The largest absolute Gasteiger partial charge is 0.378 e. The zero-order chi connectivity index (χ0) is 17.7. The number of hydrogen-bond donors (Lipinski definition) is 1. The van der Waals surface area contributed by atoms with Crippen LogP contribution in [0.4, 0.5) is 11.4 Å². The highest BCUT2D eigenvalue weighted by atomic mass is 35.5. The molecule has 1 N–H and O–H groups in total. The SMILES string of the molecule is CN(C)c1ccc(NC(=O)CCS(=O)(=O)c2cccc(Cl)c2)cc1. The fourth-order valence-electron chi connectivity index (χ4n) is 2.07. The van der Waals surface area contributed by atoms with Crippen LogP contribution in [0, 0.1) is 0 Å². The van der Waals surface area contributed by atoms with Crippen LogP contribution >= 0.6 is 11.6 Å². The van der Waals surface area contributed by atoms with Gasteiger partial charge in [0, 0.05) is 36.9 Å². The quantitative estimate of drug-likeness (QED) is 0.852. The van der Waals surface area contributed by atoms with Crippen molar-refractivity contribution in [2.75, 3.05) is 30.1 Å². The van der Waals surface area contributed by atoms with Gasteiger partial charge in [-0.1, -0.05) is 17.7 Å². The second-order valence-corrected chi connectivity index (χ2v) is 8.06. The lowest BCUT2D eigenvalue weighted by Crippen LogP contribution is -2.17. The number of halogens is 1. The molecule has 0 aliphatic rings. The van der Waals surface area contributed by atoms with Crippen LogP contribution in [-0.4, -0.2) is 34.2 Å². The summed E-state index contributed by atoms with van der Waals surface area (Å²) in [6.07, 6.45) is -0.121. The minimum absolute atomic E-state index is 0.121. The van der Waals surface area contributed by atoms with E-state index in [9.17, 15) is 13.2 Å². The Balaban J connectivity index is 1.95. The van der Waals surface area contributed by atoms with E-state index < -0.39 is 9.84 Å². The van der Waals surface area contributed by atoms with Crippen LogP contribution in [0.5, 0.6) is 0 Å². The molecule has 0 saturated heterocycles. The van der Waals surface area contributed by atoms with Gasteiger partial charge in [0.15, 0.2) is 9.84 Å². The zero-order valence-electron chi connectivity index (χ0n) is 13.5. The van der Waals surface area contributed by atoms with Gasteiger partial charge in [-0.3, -0.25) is 4.79 Å². The molecule has 0 aliphatic carbocycles. The molecular weight excluding hydrogens is 348 g/mol. The maximum absolute atomic E-state index is 12.2. The first kappa shape index (κ1) is 18.3. The topological polar surface area (TPSA) is 66.5 Å². The second kappa shape index (κ2) is 7.68. The van der Waals surface area contributed by atoms with Crippen LogP contribution in [-0.2, 0) is 14.6 Å². The zero-order valence-corrected chi connectivity index (χ0v) is 15.1. The number of anilines is 2. The minimum atomic E-state index is -3.54. The lowest BCUT2D eigenvalue weighted by Gasteiger charge is -2.13. The average molecular weight is 367 g/mol. The molecule has 128 valence electrons. The van der Waals surface area contributed by atoms with Crippen LogP contribution in [0.3, 0.4) is 0 Å². The van der Waals surface area contributed by atoms with E-state index >= 15 is 0 Å². The molecule has 2 aromatic carbocycles. The number of carbonyl (C=O) groups excluding carboxylic acids is 1. The Morgan fingerprint density at radius 3 is 2.38 bits per heavy atom. The van der Waals surface area contributed by atoms with Gasteiger partial charge < -0.3 is 10.2 Å². The molecule has 0 radical (unpaired) electrons. The fourth-order valence-corrected chi connectivity index (χ4v) is 3.61. The number of nitrogens with one attached hydrogen (secondary N) is 1. The Bertz CT molecular complexity index is 818. The number of rotatable bonds is 6. The summed E-state index contributed by atoms with van der Waals surface area (Å²) in [6, 6.07) is 13.3. The molecule has 0 unspecified atom stereocenters. The third-order valence-corrected chi connectivity index (χ3v) is 5.37. The highest BCUT2D eigenvalue weighted by Gasteiger charge is 2.17. The molecule has 24 heavy (non-hydrogen) atoms. The Labute approximate surface area is 147 Å². The molecule has 7 heteroatoms. The van der Waals surface area contributed by atoms with E-state index in [1.807, 2.05) is 31.1 Å². The van der Waals surface area contributed by atoms with Crippen molar-refractivity contribution in [3.63, 3.8) is 0 Å². The third kappa shape index (κ3) is 4.97. The average Bonchev–Trinajstić information content (AvgIpc) is 2.53. The van der Waals surface area contributed by atoms with Crippen molar-refractivity contribution in [3.8, 4) is 0 Å². The Morgan fingerprint density at radius 1 is 1.12 bits per heavy atom. The van der Waals surface area contributed by atoms with Crippen molar-refractivity contribution < 1.29 is 13.2 Å². The monoisotopic (exact) mass is 366 g/mol. The van der Waals surface area contributed by atoms with Gasteiger partial charge >= 0.3 is 0 Å². The summed E-state index contributed by atoms with van der Waals surface area (Å²) in [4.78, 5) is 14.0. The number of carbonyl (C=O) groups is 1. The second-order valence-electron chi connectivity index (χ2n) is 5.52. The standard InChI is InChI=1S/C17H19ClN2O3S/c1-20(2)15-8-6-14(7-9-15)19-17(21)10-11-24(22,23)16-5-3-4-13(18)12-16/h3-9,12H,10-11H2,1-2H3,(H,19,21). The van der Waals surface area contributed by atoms with Crippen molar-refractivity contribution in [1.82, 2.24) is 0 Å². The molecule has 0 bridgehead atoms. The van der Waals surface area contributed by atoms with E-state index in [1.165, 1.54) is 12.1 Å².